The number of fused-ring (bicyclic) bond motifs is 1. The van der Waals surface area contributed by atoms with Crippen molar-refractivity contribution in [3.05, 3.63) is 54.2 Å². The third kappa shape index (κ3) is 2.41. The van der Waals surface area contributed by atoms with Crippen LogP contribution in [0.3, 0.4) is 0 Å². The monoisotopic (exact) mass is 255 g/mol. The highest BCUT2D eigenvalue weighted by molar-refractivity contribution is 5.88. The van der Waals surface area contributed by atoms with E-state index >= 15 is 0 Å². The Hall–Kier alpha value is -2.40. The lowest BCUT2D eigenvalue weighted by Crippen LogP contribution is -2.00. The van der Waals surface area contributed by atoms with Gasteiger partial charge in [-0.25, -0.2) is 0 Å². The van der Waals surface area contributed by atoms with Gasteiger partial charge in [0.25, 0.3) is 0 Å². The molecule has 0 aliphatic carbocycles. The van der Waals surface area contributed by atoms with E-state index in [1.807, 2.05) is 42.5 Å². The third-order valence-electron chi connectivity index (χ3n) is 2.79. The minimum atomic E-state index is 0.237. The van der Waals surface area contributed by atoms with Gasteiger partial charge in [-0.2, -0.15) is 4.98 Å². The van der Waals surface area contributed by atoms with Crippen molar-refractivity contribution in [2.24, 2.45) is 5.73 Å². The van der Waals surface area contributed by atoms with Crippen molar-refractivity contribution in [1.29, 1.82) is 0 Å². The van der Waals surface area contributed by atoms with Gasteiger partial charge in [0.1, 0.15) is 5.75 Å². The van der Waals surface area contributed by atoms with E-state index in [0.717, 1.165) is 16.5 Å². The zero-order valence-electron chi connectivity index (χ0n) is 10.2. The van der Waals surface area contributed by atoms with Crippen LogP contribution in [0.4, 0.5) is 0 Å². The molecular formula is C14H13N3O2. The molecule has 2 aromatic carbocycles. The molecule has 96 valence electrons. The molecule has 5 heteroatoms. The summed E-state index contributed by atoms with van der Waals surface area (Å²) in [4.78, 5) is 4.10. The average Bonchev–Trinajstić information content (AvgIpc) is 2.93. The largest absolute Gasteiger partial charge is 0.485 e. The lowest BCUT2D eigenvalue weighted by Gasteiger charge is -2.06. The Balaban J connectivity index is 1.81. The van der Waals surface area contributed by atoms with E-state index in [-0.39, 0.29) is 13.2 Å². The first-order valence-electron chi connectivity index (χ1n) is 5.99. The number of benzene rings is 2. The highest BCUT2D eigenvalue weighted by atomic mass is 16.5. The van der Waals surface area contributed by atoms with Crippen LogP contribution in [0, 0.1) is 0 Å². The van der Waals surface area contributed by atoms with Gasteiger partial charge >= 0.3 is 0 Å². The molecule has 0 fully saturated rings. The molecule has 3 aromatic rings. The van der Waals surface area contributed by atoms with Crippen molar-refractivity contribution >= 4 is 10.8 Å². The zero-order chi connectivity index (χ0) is 13.1. The molecule has 0 saturated heterocycles. The molecule has 0 saturated carbocycles. The Morgan fingerprint density at radius 3 is 2.79 bits per heavy atom. The van der Waals surface area contributed by atoms with E-state index in [1.54, 1.807) is 0 Å². The van der Waals surface area contributed by atoms with E-state index in [0.29, 0.717) is 11.7 Å². The van der Waals surface area contributed by atoms with Gasteiger partial charge in [0.2, 0.25) is 11.7 Å². The van der Waals surface area contributed by atoms with Crippen LogP contribution >= 0.6 is 0 Å². The van der Waals surface area contributed by atoms with Gasteiger partial charge in [-0.15, -0.1) is 0 Å². The van der Waals surface area contributed by atoms with Gasteiger partial charge in [-0.05, 0) is 11.5 Å². The van der Waals surface area contributed by atoms with Crippen LogP contribution < -0.4 is 10.5 Å². The van der Waals surface area contributed by atoms with E-state index in [2.05, 4.69) is 10.1 Å². The van der Waals surface area contributed by atoms with Crippen molar-refractivity contribution in [3.8, 4) is 5.75 Å². The van der Waals surface area contributed by atoms with Gasteiger partial charge in [0.15, 0.2) is 6.61 Å². The number of nitrogens with zero attached hydrogens (tertiary/aromatic N) is 2. The van der Waals surface area contributed by atoms with Crippen LogP contribution in [0.2, 0.25) is 0 Å². The molecule has 3 rings (SSSR count). The lowest BCUT2D eigenvalue weighted by atomic mass is 10.1. The summed E-state index contributed by atoms with van der Waals surface area (Å²) < 4.78 is 10.7. The Kier molecular flexibility index (Phi) is 3.12. The molecule has 1 heterocycles. The van der Waals surface area contributed by atoms with E-state index in [4.69, 9.17) is 15.0 Å². The normalized spacial score (nSPS) is 10.8. The highest BCUT2D eigenvalue weighted by Crippen LogP contribution is 2.25. The first-order valence-corrected chi connectivity index (χ1v) is 5.99. The maximum atomic E-state index is 5.74. The first-order chi connectivity index (χ1) is 9.36. The molecule has 5 nitrogen and oxygen atoms in total. The number of hydrogen-bond donors (Lipinski definition) is 1. The second-order valence-corrected chi connectivity index (χ2v) is 4.07. The Morgan fingerprint density at radius 2 is 1.95 bits per heavy atom. The lowest BCUT2D eigenvalue weighted by molar-refractivity contribution is 0.288. The predicted octanol–water partition coefficient (Wildman–Crippen LogP) is 2.26. The number of hydrogen-bond acceptors (Lipinski definition) is 5. The van der Waals surface area contributed by atoms with Crippen LogP contribution in [0.25, 0.3) is 10.8 Å². The number of rotatable bonds is 4. The molecule has 0 atom stereocenters. The van der Waals surface area contributed by atoms with Gasteiger partial charge in [-0.3, -0.25) is 0 Å². The fourth-order valence-electron chi connectivity index (χ4n) is 1.90. The number of ether oxygens (including phenoxy) is 1. The first kappa shape index (κ1) is 11.7. The Bertz CT molecular complexity index is 688. The maximum absolute atomic E-state index is 5.74. The Labute approximate surface area is 110 Å². The smallest absolute Gasteiger partial charge is 0.240 e. The fraction of sp³-hybridized carbons (Fsp3) is 0.143. The van der Waals surface area contributed by atoms with Crippen molar-refractivity contribution in [1.82, 2.24) is 10.1 Å². The van der Waals surface area contributed by atoms with E-state index in [9.17, 15) is 0 Å². The predicted molar refractivity (Wildman–Crippen MR) is 70.5 cm³/mol. The summed E-state index contributed by atoms with van der Waals surface area (Å²) >= 11 is 0. The fourth-order valence-corrected chi connectivity index (χ4v) is 1.90. The molecule has 0 amide bonds. The van der Waals surface area contributed by atoms with Crippen LogP contribution in [0.5, 0.6) is 5.75 Å². The quantitative estimate of drug-likeness (QED) is 0.774. The highest BCUT2D eigenvalue weighted by Gasteiger charge is 2.06. The van der Waals surface area contributed by atoms with Gasteiger partial charge in [-0.1, -0.05) is 41.6 Å². The summed E-state index contributed by atoms with van der Waals surface area (Å²) in [6.07, 6.45) is 0. The molecule has 1 aromatic heterocycles. The summed E-state index contributed by atoms with van der Waals surface area (Å²) in [5, 5.41) is 5.99. The van der Waals surface area contributed by atoms with Crippen molar-refractivity contribution in [2.45, 2.75) is 13.2 Å². The molecule has 0 bridgehead atoms. The number of nitrogens with two attached hydrogens (primary N) is 1. The van der Waals surface area contributed by atoms with Crippen LogP contribution in [0.15, 0.2) is 47.0 Å². The van der Waals surface area contributed by atoms with Crippen LogP contribution in [-0.4, -0.2) is 10.1 Å². The van der Waals surface area contributed by atoms with E-state index < -0.39 is 0 Å². The molecule has 2 N–H and O–H groups in total. The van der Waals surface area contributed by atoms with Crippen LogP contribution in [-0.2, 0) is 13.2 Å². The summed E-state index contributed by atoms with van der Waals surface area (Å²) in [5.74, 6) is 1.71. The van der Waals surface area contributed by atoms with Crippen molar-refractivity contribution < 1.29 is 9.26 Å². The standard InChI is InChI=1S/C14H13N3O2/c15-8-14-16-13(17-19-14)9-18-12-7-3-5-10-4-1-2-6-11(10)12/h1-7H,8-9,15H2. The minimum absolute atomic E-state index is 0.237. The van der Waals surface area contributed by atoms with Crippen molar-refractivity contribution in [3.63, 3.8) is 0 Å². The summed E-state index contributed by atoms with van der Waals surface area (Å²) in [6.45, 7) is 0.499. The molecule has 0 spiro atoms. The molecule has 0 radical (unpaired) electrons. The maximum Gasteiger partial charge on any atom is 0.240 e. The number of aromatic nitrogens is 2. The van der Waals surface area contributed by atoms with Gasteiger partial charge in [0.05, 0.1) is 6.54 Å². The van der Waals surface area contributed by atoms with Crippen LogP contribution in [0.1, 0.15) is 11.7 Å². The summed E-state index contributed by atoms with van der Waals surface area (Å²) in [5.41, 5.74) is 5.41. The van der Waals surface area contributed by atoms with Gasteiger partial charge in [0, 0.05) is 5.39 Å². The molecule has 19 heavy (non-hydrogen) atoms. The molecule has 0 aliphatic rings. The van der Waals surface area contributed by atoms with Gasteiger partial charge < -0.3 is 15.0 Å². The minimum Gasteiger partial charge on any atom is -0.485 e. The second-order valence-electron chi connectivity index (χ2n) is 4.07. The average molecular weight is 255 g/mol. The summed E-state index contributed by atoms with van der Waals surface area (Å²) in [6, 6.07) is 14.0. The Morgan fingerprint density at radius 1 is 1.11 bits per heavy atom. The van der Waals surface area contributed by atoms with E-state index in [1.165, 1.54) is 0 Å². The third-order valence-corrected chi connectivity index (χ3v) is 2.79. The zero-order valence-corrected chi connectivity index (χ0v) is 10.2. The topological polar surface area (TPSA) is 74.2 Å². The molecule has 0 aliphatic heterocycles. The second kappa shape index (κ2) is 5.07. The summed E-state index contributed by atoms with van der Waals surface area (Å²) in [7, 11) is 0. The molecule has 0 unspecified atom stereocenters. The molecular weight excluding hydrogens is 242 g/mol. The van der Waals surface area contributed by atoms with Crippen molar-refractivity contribution in [2.75, 3.05) is 0 Å². The SMILES string of the molecule is NCc1nc(COc2cccc3ccccc23)no1.